The van der Waals surface area contributed by atoms with Crippen molar-refractivity contribution in [3.63, 3.8) is 0 Å². The standard InChI is InChI=1S/C29H21F6N3O2/c1-4-11-40-22-9-10-24-23(15-22)25(18-7-5-17(6-8-18)16(2)3)38-26(37-24)27(39)36-21-13-19(28(30,31)32)12-20(14-21)29(33,34)35/h1,5-10,12-16H,11H2,2-3H3,(H,36,39). The number of hydrogen-bond donors (Lipinski definition) is 1. The van der Waals surface area contributed by atoms with Crippen LogP contribution >= 0.6 is 0 Å². The average molecular weight is 557 g/mol. The van der Waals surface area contributed by atoms with Gasteiger partial charge in [-0.3, -0.25) is 4.79 Å². The van der Waals surface area contributed by atoms with Crippen LogP contribution in [0.4, 0.5) is 32.0 Å². The maximum Gasteiger partial charge on any atom is 0.416 e. The molecule has 0 spiro atoms. The van der Waals surface area contributed by atoms with Gasteiger partial charge in [0.2, 0.25) is 5.82 Å². The molecule has 4 rings (SSSR count). The molecule has 206 valence electrons. The van der Waals surface area contributed by atoms with Gasteiger partial charge in [-0.25, -0.2) is 9.97 Å². The summed E-state index contributed by atoms with van der Waals surface area (Å²) in [5, 5.41) is 2.57. The van der Waals surface area contributed by atoms with E-state index in [1.807, 2.05) is 26.0 Å². The minimum Gasteiger partial charge on any atom is -0.481 e. The lowest BCUT2D eigenvalue weighted by molar-refractivity contribution is -0.143. The van der Waals surface area contributed by atoms with Crippen LogP contribution < -0.4 is 10.1 Å². The third-order valence-electron chi connectivity index (χ3n) is 5.89. The number of carbonyl (C=O) groups excluding carboxylic acids is 1. The molecule has 3 aromatic carbocycles. The summed E-state index contributed by atoms with van der Waals surface area (Å²) in [6.45, 7) is 4.04. The van der Waals surface area contributed by atoms with Crippen molar-refractivity contribution in [2.45, 2.75) is 32.1 Å². The predicted molar refractivity (Wildman–Crippen MR) is 138 cm³/mol. The summed E-state index contributed by atoms with van der Waals surface area (Å²) in [7, 11) is 0. The Morgan fingerprint density at radius 1 is 0.925 bits per heavy atom. The Hall–Kier alpha value is -4.59. The van der Waals surface area contributed by atoms with E-state index in [0.717, 1.165) is 5.56 Å². The van der Waals surface area contributed by atoms with Crippen LogP contribution in [0.5, 0.6) is 5.75 Å². The van der Waals surface area contributed by atoms with E-state index in [4.69, 9.17) is 11.2 Å². The molecule has 0 aliphatic rings. The van der Waals surface area contributed by atoms with Crippen LogP contribution in [0, 0.1) is 12.3 Å². The van der Waals surface area contributed by atoms with E-state index < -0.39 is 40.9 Å². The molecule has 0 atom stereocenters. The number of nitrogens with one attached hydrogen (secondary N) is 1. The topological polar surface area (TPSA) is 64.1 Å². The normalized spacial score (nSPS) is 11.9. The van der Waals surface area contributed by atoms with E-state index >= 15 is 0 Å². The molecule has 1 heterocycles. The highest BCUT2D eigenvalue weighted by Gasteiger charge is 2.37. The van der Waals surface area contributed by atoms with Crippen LogP contribution in [-0.2, 0) is 12.4 Å². The van der Waals surface area contributed by atoms with Gasteiger partial charge in [-0.15, -0.1) is 6.42 Å². The number of terminal acetylenes is 1. The van der Waals surface area contributed by atoms with Crippen LogP contribution in [0.15, 0.2) is 60.7 Å². The van der Waals surface area contributed by atoms with Gasteiger partial charge in [0.1, 0.15) is 12.4 Å². The molecule has 1 aromatic heterocycles. The summed E-state index contributed by atoms with van der Waals surface area (Å²) in [5.41, 5.74) is -1.61. The van der Waals surface area contributed by atoms with E-state index in [9.17, 15) is 31.1 Å². The smallest absolute Gasteiger partial charge is 0.416 e. The Balaban J connectivity index is 1.81. The second kappa shape index (κ2) is 10.9. The lowest BCUT2D eigenvalue weighted by atomic mass is 9.99. The maximum absolute atomic E-state index is 13.3. The molecule has 0 radical (unpaired) electrons. The summed E-state index contributed by atoms with van der Waals surface area (Å²) < 4.78 is 85.1. The number of rotatable bonds is 6. The van der Waals surface area contributed by atoms with Gasteiger partial charge in [-0.2, -0.15) is 26.3 Å². The fourth-order valence-corrected chi connectivity index (χ4v) is 3.88. The first-order valence-corrected chi connectivity index (χ1v) is 11.9. The molecule has 1 N–H and O–H groups in total. The fraction of sp³-hybridized carbons (Fsp3) is 0.207. The SMILES string of the molecule is C#CCOc1ccc2nc(C(=O)Nc3cc(C(F)(F)F)cc(C(F)(F)F)c3)nc(-c3ccc(C(C)C)cc3)c2c1. The first-order valence-electron chi connectivity index (χ1n) is 11.9. The number of aromatic nitrogens is 2. The number of amides is 1. The second-order valence-electron chi connectivity index (χ2n) is 9.09. The molecule has 40 heavy (non-hydrogen) atoms. The molecule has 0 saturated carbocycles. The molecule has 0 fully saturated rings. The monoisotopic (exact) mass is 557 g/mol. The van der Waals surface area contributed by atoms with Crippen molar-refractivity contribution >= 4 is 22.5 Å². The Kier molecular flexibility index (Phi) is 7.73. The molecule has 0 bridgehead atoms. The maximum atomic E-state index is 13.3. The Morgan fingerprint density at radius 2 is 1.55 bits per heavy atom. The summed E-state index contributed by atoms with van der Waals surface area (Å²) in [6.07, 6.45) is -4.89. The van der Waals surface area contributed by atoms with E-state index in [1.165, 1.54) is 6.07 Å². The number of carbonyl (C=O) groups is 1. The van der Waals surface area contributed by atoms with Crippen LogP contribution in [-0.4, -0.2) is 22.5 Å². The van der Waals surface area contributed by atoms with Crippen molar-refractivity contribution in [2.75, 3.05) is 11.9 Å². The molecule has 1 amide bonds. The van der Waals surface area contributed by atoms with Crippen LogP contribution in [0.1, 0.15) is 47.1 Å². The summed E-state index contributed by atoms with van der Waals surface area (Å²) >= 11 is 0. The second-order valence-corrected chi connectivity index (χ2v) is 9.09. The zero-order chi connectivity index (χ0) is 29.2. The first-order chi connectivity index (χ1) is 18.8. The van der Waals surface area contributed by atoms with Crippen molar-refractivity contribution in [3.8, 4) is 29.4 Å². The van der Waals surface area contributed by atoms with Gasteiger partial charge in [0.15, 0.2) is 0 Å². The van der Waals surface area contributed by atoms with Crippen LogP contribution in [0.3, 0.4) is 0 Å². The zero-order valence-electron chi connectivity index (χ0n) is 21.1. The lowest BCUT2D eigenvalue weighted by Gasteiger charge is -2.15. The van der Waals surface area contributed by atoms with Crippen LogP contribution in [0.25, 0.3) is 22.2 Å². The first kappa shape index (κ1) is 28.4. The van der Waals surface area contributed by atoms with Crippen molar-refractivity contribution in [2.24, 2.45) is 0 Å². The third-order valence-corrected chi connectivity index (χ3v) is 5.89. The van der Waals surface area contributed by atoms with Crippen molar-refractivity contribution in [3.05, 3.63) is 83.2 Å². The molecule has 11 heteroatoms. The molecule has 0 aliphatic heterocycles. The van der Waals surface area contributed by atoms with Gasteiger partial charge >= 0.3 is 12.4 Å². The van der Waals surface area contributed by atoms with Gasteiger partial charge in [0, 0.05) is 16.6 Å². The zero-order valence-corrected chi connectivity index (χ0v) is 21.1. The van der Waals surface area contributed by atoms with E-state index in [-0.39, 0.29) is 24.1 Å². The molecule has 5 nitrogen and oxygen atoms in total. The summed E-state index contributed by atoms with van der Waals surface area (Å²) in [6, 6.07) is 12.9. The number of alkyl halides is 6. The number of hydrogen-bond acceptors (Lipinski definition) is 4. The van der Waals surface area contributed by atoms with Gasteiger partial charge in [-0.1, -0.05) is 44.0 Å². The van der Waals surface area contributed by atoms with Crippen molar-refractivity contribution < 1.29 is 35.9 Å². The van der Waals surface area contributed by atoms with Crippen molar-refractivity contribution in [1.29, 1.82) is 0 Å². The fourth-order valence-electron chi connectivity index (χ4n) is 3.88. The highest BCUT2D eigenvalue weighted by Crippen LogP contribution is 2.38. The summed E-state index contributed by atoms with van der Waals surface area (Å²) in [4.78, 5) is 21.6. The van der Waals surface area contributed by atoms with E-state index in [0.29, 0.717) is 34.5 Å². The summed E-state index contributed by atoms with van der Waals surface area (Å²) in [5.74, 6) is 1.46. The van der Waals surface area contributed by atoms with Gasteiger partial charge < -0.3 is 10.1 Å². The lowest BCUT2D eigenvalue weighted by Crippen LogP contribution is -2.18. The van der Waals surface area contributed by atoms with E-state index in [2.05, 4.69) is 21.2 Å². The quantitative estimate of drug-likeness (QED) is 0.195. The number of fused-ring (bicyclic) bond motifs is 1. The Labute approximate surface area is 225 Å². The average Bonchev–Trinajstić information content (AvgIpc) is 2.90. The molecule has 0 unspecified atom stereocenters. The van der Waals surface area contributed by atoms with Crippen molar-refractivity contribution in [1.82, 2.24) is 9.97 Å². The van der Waals surface area contributed by atoms with Gasteiger partial charge in [0.25, 0.3) is 5.91 Å². The largest absolute Gasteiger partial charge is 0.481 e. The number of anilines is 1. The highest BCUT2D eigenvalue weighted by atomic mass is 19.4. The van der Waals surface area contributed by atoms with Gasteiger partial charge in [-0.05, 0) is 47.9 Å². The Morgan fingerprint density at radius 3 is 2.10 bits per heavy atom. The number of halogens is 6. The van der Waals surface area contributed by atoms with Crippen LogP contribution in [0.2, 0.25) is 0 Å². The molecule has 0 aliphatic carbocycles. The van der Waals surface area contributed by atoms with Gasteiger partial charge in [0.05, 0.1) is 22.3 Å². The molecular formula is C29H21F6N3O2. The minimum atomic E-state index is -5.07. The third kappa shape index (κ3) is 6.34. The minimum absolute atomic E-state index is 0.00216. The van der Waals surface area contributed by atoms with E-state index in [1.54, 1.807) is 24.3 Å². The predicted octanol–water partition coefficient (Wildman–Crippen LogP) is 7.72. The molecule has 0 saturated heterocycles. The number of nitrogens with zero attached hydrogens (tertiary/aromatic N) is 2. The molecule has 4 aromatic rings. The number of benzene rings is 3. The Bertz CT molecular complexity index is 1570. The molecular weight excluding hydrogens is 536 g/mol. The highest BCUT2D eigenvalue weighted by molar-refractivity contribution is 6.04. The number of ether oxygens (including phenoxy) is 1.